The van der Waals surface area contributed by atoms with Crippen molar-refractivity contribution in [1.82, 2.24) is 0 Å². The molecule has 3 N–H and O–H groups in total. The minimum Gasteiger partial charge on any atom is -0.477 e. The second-order valence-corrected chi connectivity index (χ2v) is 13.4. The molecule has 0 heterocycles. The summed E-state index contributed by atoms with van der Waals surface area (Å²) in [5.41, 5.74) is 0. The summed E-state index contributed by atoms with van der Waals surface area (Å²) in [6.45, 7) is 8.02. The minimum absolute atomic E-state index is 0.272. The van der Waals surface area contributed by atoms with Crippen LogP contribution in [0.1, 0.15) is 188 Å². The first-order valence-electron chi connectivity index (χ1n) is 18.9. The van der Waals surface area contributed by atoms with E-state index < -0.39 is 36.0 Å². The Kier molecular flexibility index (Phi) is 27.2. The predicted octanol–water partition coefficient (Wildman–Crippen LogP) is 10.6. The number of nitrogens with zero attached hydrogens (tertiary/aromatic N) is 1. The van der Waals surface area contributed by atoms with Gasteiger partial charge in [0, 0.05) is 19.3 Å². The lowest BCUT2D eigenvalue weighted by molar-refractivity contribution is -0.973. The van der Waals surface area contributed by atoms with Crippen LogP contribution in [0.3, 0.4) is 0 Å². The molecule has 0 aromatic heterocycles. The monoisotopic (exact) mass is 639 g/mol. The Morgan fingerprint density at radius 1 is 0.489 bits per heavy atom. The smallest absolute Gasteiger partial charge is 0.362 e. The molecule has 264 valence electrons. The van der Waals surface area contributed by atoms with Crippen molar-refractivity contribution in [2.24, 2.45) is 0 Å². The summed E-state index contributed by atoms with van der Waals surface area (Å²) in [7, 11) is 0. The van der Waals surface area contributed by atoms with Gasteiger partial charge in [-0.05, 0) is 51.9 Å². The van der Waals surface area contributed by atoms with Crippen molar-refractivity contribution in [3.05, 3.63) is 12.2 Å². The highest BCUT2D eigenvalue weighted by atomic mass is 16.4. The molecule has 0 aliphatic carbocycles. The van der Waals surface area contributed by atoms with Crippen LogP contribution >= 0.6 is 0 Å². The Morgan fingerprint density at radius 2 is 0.756 bits per heavy atom. The van der Waals surface area contributed by atoms with Gasteiger partial charge in [-0.2, -0.15) is 0 Å². The highest BCUT2D eigenvalue weighted by Crippen LogP contribution is 2.34. The van der Waals surface area contributed by atoms with Crippen molar-refractivity contribution >= 4 is 17.9 Å². The van der Waals surface area contributed by atoms with Crippen molar-refractivity contribution in [3.8, 4) is 0 Å². The van der Waals surface area contributed by atoms with E-state index in [1.165, 1.54) is 96.3 Å². The number of rotatable bonds is 33. The standard InChI is InChI=1S/C38H71NO6/c1-5-9-10-11-12-13-14-15-16-17-18-19-20-21-22-23-24-25-26-27-28-32-39(33(29-6-2)36(40)41,34(30-7-3)37(42)43)35(31-8-4)38(44)45/h5,9,33-35H,6-8,10-32H2,1-4H3,(H2-,40,41,42,43,44,45)/p+1/b9-5+. The van der Waals surface area contributed by atoms with Gasteiger partial charge < -0.3 is 15.3 Å². The number of carboxylic acids is 3. The molecule has 0 aromatic rings. The summed E-state index contributed by atoms with van der Waals surface area (Å²) in [6, 6.07) is -3.13. The van der Waals surface area contributed by atoms with Gasteiger partial charge in [0.25, 0.3) is 0 Å². The van der Waals surface area contributed by atoms with E-state index in [-0.39, 0.29) is 30.3 Å². The molecule has 0 aromatic carbocycles. The van der Waals surface area contributed by atoms with E-state index in [9.17, 15) is 29.7 Å². The van der Waals surface area contributed by atoms with E-state index in [0.717, 1.165) is 19.3 Å². The number of carboxylic acid groups (broad SMARTS) is 3. The maximum Gasteiger partial charge on any atom is 0.362 e. The Hall–Kier alpha value is -1.89. The summed E-state index contributed by atoms with van der Waals surface area (Å²) in [4.78, 5) is 37.8. The molecule has 0 aliphatic rings. The third-order valence-corrected chi connectivity index (χ3v) is 9.68. The first-order chi connectivity index (χ1) is 21.7. The molecular weight excluding hydrogens is 566 g/mol. The van der Waals surface area contributed by atoms with Crippen LogP contribution in [-0.4, -0.2) is 62.4 Å². The van der Waals surface area contributed by atoms with Crippen LogP contribution in [0.4, 0.5) is 0 Å². The molecule has 0 aliphatic heterocycles. The molecule has 3 unspecified atom stereocenters. The normalized spacial score (nSPS) is 15.1. The lowest BCUT2D eigenvalue weighted by Crippen LogP contribution is -2.72. The molecule has 0 saturated carbocycles. The number of quaternary nitrogens is 1. The topological polar surface area (TPSA) is 112 Å². The molecule has 0 rings (SSSR count). The van der Waals surface area contributed by atoms with Gasteiger partial charge in [-0.25, -0.2) is 14.4 Å². The van der Waals surface area contributed by atoms with Crippen LogP contribution in [0, 0.1) is 0 Å². The second kappa shape index (κ2) is 28.3. The van der Waals surface area contributed by atoms with Gasteiger partial charge in [0.1, 0.15) is 0 Å². The molecule has 7 heteroatoms. The summed E-state index contributed by atoms with van der Waals surface area (Å²) in [5, 5.41) is 30.9. The fourth-order valence-electron chi connectivity index (χ4n) is 7.29. The zero-order valence-electron chi connectivity index (χ0n) is 29.8. The van der Waals surface area contributed by atoms with Crippen molar-refractivity contribution in [3.63, 3.8) is 0 Å². The summed E-state index contributed by atoms with van der Waals surface area (Å²) >= 11 is 0. The van der Waals surface area contributed by atoms with E-state index in [2.05, 4.69) is 19.1 Å². The average molecular weight is 639 g/mol. The van der Waals surface area contributed by atoms with Crippen molar-refractivity contribution in [1.29, 1.82) is 0 Å². The summed E-state index contributed by atoms with van der Waals surface area (Å²) < 4.78 is -0.368. The largest absolute Gasteiger partial charge is 0.477 e. The Bertz CT molecular complexity index is 722. The van der Waals surface area contributed by atoms with Crippen molar-refractivity contribution in [2.45, 2.75) is 206 Å². The minimum atomic E-state index is -1.08. The summed E-state index contributed by atoms with van der Waals surface area (Å²) in [5.74, 6) is -3.24. The molecule has 0 fully saturated rings. The van der Waals surface area contributed by atoms with E-state index in [0.29, 0.717) is 25.7 Å². The zero-order chi connectivity index (χ0) is 33.8. The van der Waals surface area contributed by atoms with Crippen molar-refractivity contribution < 1.29 is 34.2 Å². The van der Waals surface area contributed by atoms with Gasteiger partial charge in [0.2, 0.25) is 0 Å². The average Bonchev–Trinajstić information content (AvgIpc) is 3.00. The van der Waals surface area contributed by atoms with Gasteiger partial charge >= 0.3 is 17.9 Å². The SMILES string of the molecule is C/C=C/CCCCCCCCCCCCCCCCCCCC[N+](C(CCC)C(=O)O)(C(CCC)C(=O)O)C(CCC)C(=O)O. The molecule has 3 atom stereocenters. The van der Waals surface area contributed by atoms with Gasteiger partial charge in [-0.1, -0.05) is 129 Å². The molecule has 7 nitrogen and oxygen atoms in total. The second-order valence-electron chi connectivity index (χ2n) is 13.4. The Balaban J connectivity index is 4.61. The molecule has 0 amide bonds. The van der Waals surface area contributed by atoms with E-state index in [1.807, 2.05) is 20.8 Å². The fourth-order valence-corrected chi connectivity index (χ4v) is 7.29. The van der Waals surface area contributed by atoms with Gasteiger partial charge in [0.15, 0.2) is 18.1 Å². The first kappa shape index (κ1) is 43.1. The number of allylic oxidation sites excluding steroid dienone is 2. The quantitative estimate of drug-likeness (QED) is 0.0374. The number of hydrogen-bond acceptors (Lipinski definition) is 3. The van der Waals surface area contributed by atoms with Crippen LogP contribution in [0.25, 0.3) is 0 Å². The Labute approximate surface area is 276 Å². The lowest BCUT2D eigenvalue weighted by Gasteiger charge is -2.50. The fraction of sp³-hybridized carbons (Fsp3) is 0.868. The van der Waals surface area contributed by atoms with E-state index in [4.69, 9.17) is 0 Å². The molecule has 0 bridgehead atoms. The highest BCUT2D eigenvalue weighted by molar-refractivity contribution is 5.78. The maximum atomic E-state index is 12.6. The molecule has 0 radical (unpaired) electrons. The third-order valence-electron chi connectivity index (χ3n) is 9.68. The predicted molar refractivity (Wildman–Crippen MR) is 187 cm³/mol. The van der Waals surface area contributed by atoms with Gasteiger partial charge in [0.05, 0.1) is 6.54 Å². The van der Waals surface area contributed by atoms with Gasteiger partial charge in [-0.3, -0.25) is 4.48 Å². The van der Waals surface area contributed by atoms with Crippen LogP contribution in [0.15, 0.2) is 12.2 Å². The number of carbonyl (C=O) groups is 3. The first-order valence-corrected chi connectivity index (χ1v) is 18.9. The number of aliphatic carboxylic acids is 3. The summed E-state index contributed by atoms with van der Waals surface area (Å²) in [6.07, 6.45) is 30.5. The lowest BCUT2D eigenvalue weighted by atomic mass is 9.91. The van der Waals surface area contributed by atoms with Gasteiger partial charge in [-0.15, -0.1) is 0 Å². The van der Waals surface area contributed by atoms with Crippen LogP contribution in [0.2, 0.25) is 0 Å². The van der Waals surface area contributed by atoms with Crippen LogP contribution < -0.4 is 0 Å². The molecule has 45 heavy (non-hydrogen) atoms. The number of unbranched alkanes of at least 4 members (excludes halogenated alkanes) is 18. The molecule has 0 saturated heterocycles. The maximum absolute atomic E-state index is 12.6. The van der Waals surface area contributed by atoms with E-state index >= 15 is 0 Å². The molecule has 0 spiro atoms. The molecular formula is C38H72NO6+. The third kappa shape index (κ3) is 18.1. The van der Waals surface area contributed by atoms with Crippen LogP contribution in [0.5, 0.6) is 0 Å². The zero-order valence-corrected chi connectivity index (χ0v) is 29.8. The van der Waals surface area contributed by atoms with Crippen LogP contribution in [-0.2, 0) is 14.4 Å². The highest BCUT2D eigenvalue weighted by Gasteiger charge is 2.56. The number of hydrogen-bond donors (Lipinski definition) is 3. The Morgan fingerprint density at radius 3 is 1.00 bits per heavy atom. The van der Waals surface area contributed by atoms with E-state index in [1.54, 1.807) is 0 Å². The van der Waals surface area contributed by atoms with Crippen molar-refractivity contribution in [2.75, 3.05) is 6.54 Å².